The fourth-order valence-corrected chi connectivity index (χ4v) is 4.43. The van der Waals surface area contributed by atoms with E-state index in [-0.39, 0.29) is 24.3 Å². The van der Waals surface area contributed by atoms with E-state index in [1.807, 2.05) is 87.5 Å². The number of nitrogens with one attached hydrogen (secondary N) is 1. The van der Waals surface area contributed by atoms with Crippen LogP contribution in [0.25, 0.3) is 0 Å². The van der Waals surface area contributed by atoms with E-state index >= 15 is 0 Å². The van der Waals surface area contributed by atoms with Crippen LogP contribution in [-0.4, -0.2) is 43.0 Å². The molecule has 0 aliphatic carbocycles. The van der Waals surface area contributed by atoms with Crippen LogP contribution in [0.5, 0.6) is 11.5 Å². The summed E-state index contributed by atoms with van der Waals surface area (Å²) in [6, 6.07) is 23.0. The number of rotatable bonds is 13. The minimum Gasteiger partial charge on any atom is -0.493 e. The molecule has 202 valence electrons. The van der Waals surface area contributed by atoms with Crippen molar-refractivity contribution < 1.29 is 19.1 Å². The smallest absolute Gasteiger partial charge is 0.243 e. The van der Waals surface area contributed by atoms with Crippen molar-refractivity contribution >= 4 is 11.8 Å². The van der Waals surface area contributed by atoms with Crippen molar-refractivity contribution in [3.8, 4) is 11.5 Å². The monoisotopic (exact) mass is 516 g/mol. The Labute approximate surface area is 227 Å². The summed E-state index contributed by atoms with van der Waals surface area (Å²) in [5.74, 6) is 1.08. The zero-order chi connectivity index (χ0) is 27.5. The van der Waals surface area contributed by atoms with Gasteiger partial charge in [0.05, 0.1) is 14.2 Å². The van der Waals surface area contributed by atoms with Gasteiger partial charge in [-0.2, -0.15) is 0 Å². The Morgan fingerprint density at radius 1 is 0.868 bits per heavy atom. The molecule has 2 amide bonds. The molecule has 0 spiro atoms. The molecule has 6 heteroatoms. The van der Waals surface area contributed by atoms with Crippen LogP contribution in [-0.2, 0) is 29.0 Å². The maximum absolute atomic E-state index is 13.9. The normalized spacial score (nSPS) is 12.3. The van der Waals surface area contributed by atoms with Crippen molar-refractivity contribution in [2.45, 2.75) is 65.1 Å². The predicted molar refractivity (Wildman–Crippen MR) is 151 cm³/mol. The molecule has 0 radical (unpaired) electrons. The quantitative estimate of drug-likeness (QED) is 0.326. The third-order valence-corrected chi connectivity index (χ3v) is 6.78. The van der Waals surface area contributed by atoms with Crippen LogP contribution in [0.4, 0.5) is 0 Å². The van der Waals surface area contributed by atoms with Gasteiger partial charge in [-0.05, 0) is 55.5 Å². The molecule has 0 saturated carbocycles. The van der Waals surface area contributed by atoms with Crippen molar-refractivity contribution in [1.29, 1.82) is 0 Å². The van der Waals surface area contributed by atoms with Gasteiger partial charge >= 0.3 is 0 Å². The Kier molecular flexibility index (Phi) is 10.8. The fourth-order valence-electron chi connectivity index (χ4n) is 4.43. The molecule has 6 nitrogen and oxygen atoms in total. The summed E-state index contributed by atoms with van der Waals surface area (Å²) < 4.78 is 10.8. The third kappa shape index (κ3) is 8.10. The summed E-state index contributed by atoms with van der Waals surface area (Å²) in [6.45, 7) is 6.42. The molecule has 0 aliphatic rings. The topological polar surface area (TPSA) is 67.9 Å². The molecule has 0 fully saturated rings. The Bertz CT molecular complexity index is 1200. The number of methoxy groups -OCH3 is 2. The summed E-state index contributed by atoms with van der Waals surface area (Å²) in [5, 5.41) is 3.12. The number of nitrogens with zero attached hydrogens (tertiary/aromatic N) is 1. The SMILES string of the molecule is CCC(C)NC(=O)C(Cc1ccccc1)N(Cc1cccc(C)c1)C(=O)CCc1ccc(OC)c(OC)c1. The average Bonchev–Trinajstić information content (AvgIpc) is 2.93. The number of benzene rings is 3. The molecule has 0 aliphatic heterocycles. The summed E-state index contributed by atoms with van der Waals surface area (Å²) in [7, 11) is 3.20. The first-order valence-corrected chi connectivity index (χ1v) is 13.2. The standard InChI is InChI=1S/C32H40N2O4/c1-6-24(3)33-32(36)28(20-25-12-8-7-9-13-25)34(22-27-14-10-11-23(2)19-27)31(35)18-16-26-15-17-29(37-4)30(21-26)38-5/h7-15,17,19,21,24,28H,6,16,18,20,22H2,1-5H3,(H,33,36). The third-order valence-electron chi connectivity index (χ3n) is 6.78. The predicted octanol–water partition coefficient (Wildman–Crippen LogP) is 5.50. The van der Waals surface area contributed by atoms with Crippen LogP contribution in [0.1, 0.15) is 48.9 Å². The lowest BCUT2D eigenvalue weighted by Gasteiger charge is -2.32. The molecule has 0 bridgehead atoms. The van der Waals surface area contributed by atoms with Crippen molar-refractivity contribution in [2.24, 2.45) is 0 Å². The van der Waals surface area contributed by atoms with Gasteiger partial charge in [0, 0.05) is 25.4 Å². The largest absolute Gasteiger partial charge is 0.493 e. The fraction of sp³-hybridized carbons (Fsp3) is 0.375. The highest BCUT2D eigenvalue weighted by molar-refractivity contribution is 5.88. The van der Waals surface area contributed by atoms with E-state index in [1.165, 1.54) is 0 Å². The van der Waals surface area contributed by atoms with E-state index in [0.29, 0.717) is 30.9 Å². The van der Waals surface area contributed by atoms with Gasteiger partial charge in [-0.15, -0.1) is 0 Å². The first-order chi connectivity index (χ1) is 18.3. The summed E-state index contributed by atoms with van der Waals surface area (Å²) in [5.41, 5.74) is 4.09. The Hall–Kier alpha value is -3.80. The molecule has 2 unspecified atom stereocenters. The molecule has 0 saturated heterocycles. The lowest BCUT2D eigenvalue weighted by molar-refractivity contribution is -0.141. The van der Waals surface area contributed by atoms with Crippen molar-refractivity contribution in [3.05, 3.63) is 95.1 Å². The Morgan fingerprint density at radius 3 is 2.24 bits per heavy atom. The van der Waals surface area contributed by atoms with Crippen LogP contribution in [0.3, 0.4) is 0 Å². The highest BCUT2D eigenvalue weighted by Crippen LogP contribution is 2.28. The molecular weight excluding hydrogens is 476 g/mol. The van der Waals surface area contributed by atoms with E-state index < -0.39 is 6.04 Å². The molecule has 2 atom stereocenters. The molecule has 38 heavy (non-hydrogen) atoms. The van der Waals surface area contributed by atoms with Gasteiger partial charge < -0.3 is 19.7 Å². The lowest BCUT2D eigenvalue weighted by Crippen LogP contribution is -2.52. The molecule has 0 heterocycles. The second kappa shape index (κ2) is 14.2. The number of ether oxygens (including phenoxy) is 2. The van der Waals surface area contributed by atoms with Crippen LogP contribution in [0, 0.1) is 6.92 Å². The number of hydrogen-bond donors (Lipinski definition) is 1. The van der Waals surface area contributed by atoms with E-state index in [9.17, 15) is 9.59 Å². The van der Waals surface area contributed by atoms with Gasteiger partial charge in [-0.25, -0.2) is 0 Å². The maximum Gasteiger partial charge on any atom is 0.243 e. The molecular formula is C32H40N2O4. The minimum atomic E-state index is -0.634. The van der Waals surface area contributed by atoms with Crippen LogP contribution in [0.2, 0.25) is 0 Å². The Morgan fingerprint density at radius 2 is 1.58 bits per heavy atom. The van der Waals surface area contributed by atoms with E-state index in [1.54, 1.807) is 19.1 Å². The van der Waals surface area contributed by atoms with Crippen molar-refractivity contribution in [2.75, 3.05) is 14.2 Å². The molecule has 3 rings (SSSR count). The number of amides is 2. The first-order valence-electron chi connectivity index (χ1n) is 13.2. The second-order valence-electron chi connectivity index (χ2n) is 9.72. The van der Waals surface area contributed by atoms with E-state index in [4.69, 9.17) is 9.47 Å². The van der Waals surface area contributed by atoms with Crippen LogP contribution in [0.15, 0.2) is 72.8 Å². The first kappa shape index (κ1) is 28.8. The Balaban J connectivity index is 1.91. The highest BCUT2D eigenvalue weighted by Gasteiger charge is 2.30. The van der Waals surface area contributed by atoms with Gasteiger partial charge in [0.15, 0.2) is 11.5 Å². The maximum atomic E-state index is 13.9. The molecule has 3 aromatic carbocycles. The minimum absolute atomic E-state index is 0.0171. The van der Waals surface area contributed by atoms with Gasteiger partial charge in [0.25, 0.3) is 0 Å². The molecule has 1 N–H and O–H groups in total. The molecule has 3 aromatic rings. The van der Waals surface area contributed by atoms with Crippen LogP contribution >= 0.6 is 0 Å². The highest BCUT2D eigenvalue weighted by atomic mass is 16.5. The summed E-state index contributed by atoms with van der Waals surface area (Å²) in [6.07, 6.45) is 2.05. The van der Waals surface area contributed by atoms with Crippen molar-refractivity contribution in [3.63, 3.8) is 0 Å². The van der Waals surface area contributed by atoms with Gasteiger partial charge in [0.2, 0.25) is 11.8 Å². The number of carbonyl (C=O) groups is 2. The number of aryl methyl sites for hydroxylation is 2. The molecule has 0 aromatic heterocycles. The van der Waals surface area contributed by atoms with E-state index in [0.717, 1.165) is 28.7 Å². The second-order valence-corrected chi connectivity index (χ2v) is 9.72. The number of carbonyl (C=O) groups excluding carboxylic acids is 2. The van der Waals surface area contributed by atoms with E-state index in [2.05, 4.69) is 11.4 Å². The number of hydrogen-bond acceptors (Lipinski definition) is 4. The van der Waals surface area contributed by atoms with Gasteiger partial charge in [0.1, 0.15) is 6.04 Å². The van der Waals surface area contributed by atoms with Crippen LogP contribution < -0.4 is 14.8 Å². The van der Waals surface area contributed by atoms with Crippen molar-refractivity contribution in [1.82, 2.24) is 10.2 Å². The van der Waals surface area contributed by atoms with Gasteiger partial charge in [-0.1, -0.05) is 73.2 Å². The zero-order valence-corrected chi connectivity index (χ0v) is 23.2. The summed E-state index contributed by atoms with van der Waals surface area (Å²) in [4.78, 5) is 29.2. The lowest BCUT2D eigenvalue weighted by atomic mass is 10.0. The zero-order valence-electron chi connectivity index (χ0n) is 23.2. The van der Waals surface area contributed by atoms with Gasteiger partial charge in [-0.3, -0.25) is 9.59 Å². The summed E-state index contributed by atoms with van der Waals surface area (Å²) >= 11 is 0. The average molecular weight is 517 g/mol.